The third-order valence-electron chi connectivity index (χ3n) is 3.21. The molecule has 1 aromatic rings. The van der Waals surface area contributed by atoms with Crippen LogP contribution < -0.4 is 5.32 Å². The lowest BCUT2D eigenvalue weighted by Gasteiger charge is -2.18. The minimum atomic E-state index is 0.516. The summed E-state index contributed by atoms with van der Waals surface area (Å²) in [6.07, 6.45) is 5.14. The van der Waals surface area contributed by atoms with E-state index in [0.717, 1.165) is 23.6 Å². The van der Waals surface area contributed by atoms with Crippen LogP contribution in [0.5, 0.6) is 0 Å². The van der Waals surface area contributed by atoms with Crippen molar-refractivity contribution in [2.24, 2.45) is 5.92 Å². The molecule has 0 amide bonds. The number of benzene rings is 1. The summed E-state index contributed by atoms with van der Waals surface area (Å²) >= 11 is 0. The van der Waals surface area contributed by atoms with E-state index in [9.17, 15) is 0 Å². The minimum Gasteiger partial charge on any atom is -0.381 e. The molecule has 1 fully saturated rings. The molecule has 1 aliphatic carbocycles. The summed E-state index contributed by atoms with van der Waals surface area (Å²) in [5.74, 6) is 0.923. The monoisotopic (exact) mass is 214 g/mol. The minimum absolute atomic E-state index is 0.516. The average Bonchev–Trinajstić information content (AvgIpc) is 3.13. The van der Waals surface area contributed by atoms with E-state index < -0.39 is 0 Å². The van der Waals surface area contributed by atoms with Gasteiger partial charge in [0, 0.05) is 6.04 Å². The van der Waals surface area contributed by atoms with Crippen LogP contribution in [0.4, 0.5) is 5.69 Å². The molecule has 1 aromatic carbocycles. The summed E-state index contributed by atoms with van der Waals surface area (Å²) in [6, 6.07) is 10.5. The molecule has 0 radical (unpaired) electrons. The van der Waals surface area contributed by atoms with Crippen LogP contribution in [0.2, 0.25) is 0 Å². The highest BCUT2D eigenvalue weighted by Gasteiger charge is 2.24. The van der Waals surface area contributed by atoms with Crippen LogP contribution in [-0.4, -0.2) is 6.04 Å². The number of hydrogen-bond acceptors (Lipinski definition) is 2. The van der Waals surface area contributed by atoms with Crippen LogP contribution in [-0.2, 0) is 0 Å². The number of para-hydroxylation sites is 1. The average molecular weight is 214 g/mol. The number of anilines is 1. The molecule has 16 heavy (non-hydrogen) atoms. The molecule has 1 N–H and O–H groups in total. The van der Waals surface area contributed by atoms with Crippen molar-refractivity contribution in [2.45, 2.75) is 38.6 Å². The van der Waals surface area contributed by atoms with Gasteiger partial charge in [-0.25, -0.2) is 0 Å². The second-order valence-electron chi connectivity index (χ2n) is 4.59. The number of nitriles is 1. The van der Waals surface area contributed by atoms with E-state index in [4.69, 9.17) is 5.26 Å². The Morgan fingerprint density at radius 1 is 1.44 bits per heavy atom. The third-order valence-corrected chi connectivity index (χ3v) is 3.21. The Labute approximate surface area is 97.3 Å². The topological polar surface area (TPSA) is 35.8 Å². The molecule has 0 bridgehead atoms. The van der Waals surface area contributed by atoms with Gasteiger partial charge in [-0.05, 0) is 30.9 Å². The van der Waals surface area contributed by atoms with Crippen molar-refractivity contribution < 1.29 is 0 Å². The van der Waals surface area contributed by atoms with Gasteiger partial charge in [-0.3, -0.25) is 0 Å². The predicted octanol–water partition coefficient (Wildman–Crippen LogP) is 3.55. The highest BCUT2D eigenvalue weighted by molar-refractivity contribution is 5.57. The molecule has 0 aliphatic heterocycles. The highest BCUT2D eigenvalue weighted by atomic mass is 14.9. The Hall–Kier alpha value is -1.49. The van der Waals surface area contributed by atoms with Crippen LogP contribution in [0.1, 0.15) is 38.2 Å². The molecule has 1 unspecified atom stereocenters. The first-order chi connectivity index (χ1) is 7.83. The fourth-order valence-electron chi connectivity index (χ4n) is 2.01. The highest BCUT2D eigenvalue weighted by Crippen LogP contribution is 2.35. The molecule has 0 heterocycles. The van der Waals surface area contributed by atoms with Gasteiger partial charge < -0.3 is 5.32 Å². The number of nitrogens with one attached hydrogen (secondary N) is 1. The standard InChI is InChI=1S/C14H18N2/c1-2-13(9-11-7-8-11)16-14-6-4-3-5-12(14)10-15/h3-6,11,13,16H,2,7-9H2,1H3. The molecule has 0 spiro atoms. The fraction of sp³-hybridized carbons (Fsp3) is 0.500. The Morgan fingerprint density at radius 2 is 2.19 bits per heavy atom. The van der Waals surface area contributed by atoms with Gasteiger partial charge >= 0.3 is 0 Å². The molecular formula is C14H18N2. The lowest BCUT2D eigenvalue weighted by atomic mass is 10.1. The van der Waals surface area contributed by atoms with Gasteiger partial charge in [-0.1, -0.05) is 31.9 Å². The van der Waals surface area contributed by atoms with Gasteiger partial charge in [-0.15, -0.1) is 0 Å². The number of hydrogen-bond donors (Lipinski definition) is 1. The maximum absolute atomic E-state index is 9.01. The van der Waals surface area contributed by atoms with E-state index in [2.05, 4.69) is 18.3 Å². The zero-order valence-corrected chi connectivity index (χ0v) is 9.74. The SMILES string of the molecule is CCC(CC1CC1)Nc1ccccc1C#N. The second kappa shape index (κ2) is 5.03. The molecule has 2 rings (SSSR count). The molecule has 1 aliphatic rings. The van der Waals surface area contributed by atoms with Gasteiger partial charge in [0.2, 0.25) is 0 Å². The molecule has 2 nitrogen and oxygen atoms in total. The van der Waals surface area contributed by atoms with Gasteiger partial charge in [0.25, 0.3) is 0 Å². The summed E-state index contributed by atoms with van der Waals surface area (Å²) < 4.78 is 0. The van der Waals surface area contributed by atoms with Crippen LogP contribution >= 0.6 is 0 Å². The molecule has 0 saturated heterocycles. The third kappa shape index (κ3) is 2.76. The van der Waals surface area contributed by atoms with E-state index in [1.165, 1.54) is 19.3 Å². The quantitative estimate of drug-likeness (QED) is 0.813. The number of nitrogens with zero attached hydrogens (tertiary/aromatic N) is 1. The van der Waals surface area contributed by atoms with Crippen molar-refractivity contribution in [3.05, 3.63) is 29.8 Å². The molecule has 1 saturated carbocycles. The van der Waals surface area contributed by atoms with Crippen molar-refractivity contribution in [3.63, 3.8) is 0 Å². The molecule has 84 valence electrons. The summed E-state index contributed by atoms with van der Waals surface area (Å²) in [4.78, 5) is 0. The summed E-state index contributed by atoms with van der Waals surface area (Å²) in [5.41, 5.74) is 1.73. The van der Waals surface area contributed by atoms with E-state index in [1.54, 1.807) is 0 Å². The molecule has 0 aromatic heterocycles. The first kappa shape index (κ1) is 11.0. The first-order valence-corrected chi connectivity index (χ1v) is 6.09. The van der Waals surface area contributed by atoms with Crippen molar-refractivity contribution in [2.75, 3.05) is 5.32 Å². The maximum atomic E-state index is 9.01. The van der Waals surface area contributed by atoms with Crippen LogP contribution in [0.3, 0.4) is 0 Å². The Balaban J connectivity index is 2.02. The van der Waals surface area contributed by atoms with Gasteiger partial charge in [-0.2, -0.15) is 5.26 Å². The fourth-order valence-corrected chi connectivity index (χ4v) is 2.01. The van der Waals surface area contributed by atoms with E-state index in [1.807, 2.05) is 24.3 Å². The van der Waals surface area contributed by atoms with Crippen LogP contribution in [0, 0.1) is 17.2 Å². The van der Waals surface area contributed by atoms with Gasteiger partial charge in [0.05, 0.1) is 11.3 Å². The second-order valence-corrected chi connectivity index (χ2v) is 4.59. The normalized spacial score (nSPS) is 16.5. The summed E-state index contributed by atoms with van der Waals surface area (Å²) in [6.45, 7) is 2.20. The van der Waals surface area contributed by atoms with E-state index >= 15 is 0 Å². The molecule has 1 atom stereocenters. The lowest BCUT2D eigenvalue weighted by Crippen LogP contribution is -2.19. The van der Waals surface area contributed by atoms with E-state index in [0.29, 0.717) is 6.04 Å². The smallest absolute Gasteiger partial charge is 0.101 e. The summed E-state index contributed by atoms with van der Waals surface area (Å²) in [5, 5.41) is 12.5. The van der Waals surface area contributed by atoms with Crippen molar-refractivity contribution in [1.29, 1.82) is 5.26 Å². The van der Waals surface area contributed by atoms with Crippen LogP contribution in [0.15, 0.2) is 24.3 Å². The van der Waals surface area contributed by atoms with Gasteiger partial charge in [0.15, 0.2) is 0 Å². The number of rotatable bonds is 5. The zero-order valence-electron chi connectivity index (χ0n) is 9.74. The lowest BCUT2D eigenvalue weighted by molar-refractivity contribution is 0.587. The molecule has 2 heteroatoms. The van der Waals surface area contributed by atoms with E-state index in [-0.39, 0.29) is 0 Å². The van der Waals surface area contributed by atoms with Crippen molar-refractivity contribution in [3.8, 4) is 6.07 Å². The van der Waals surface area contributed by atoms with Gasteiger partial charge in [0.1, 0.15) is 6.07 Å². The van der Waals surface area contributed by atoms with Crippen molar-refractivity contribution >= 4 is 5.69 Å². The first-order valence-electron chi connectivity index (χ1n) is 6.09. The van der Waals surface area contributed by atoms with Crippen LogP contribution in [0.25, 0.3) is 0 Å². The Morgan fingerprint density at radius 3 is 2.81 bits per heavy atom. The predicted molar refractivity (Wildman–Crippen MR) is 66.2 cm³/mol. The Kier molecular flexibility index (Phi) is 3.46. The molecular weight excluding hydrogens is 196 g/mol. The zero-order chi connectivity index (χ0) is 11.4. The maximum Gasteiger partial charge on any atom is 0.101 e. The largest absolute Gasteiger partial charge is 0.381 e. The Bertz CT molecular complexity index is 388. The van der Waals surface area contributed by atoms with Crippen molar-refractivity contribution in [1.82, 2.24) is 0 Å². The summed E-state index contributed by atoms with van der Waals surface area (Å²) in [7, 11) is 0.